The van der Waals surface area contributed by atoms with Crippen molar-refractivity contribution >= 4 is 0 Å². The van der Waals surface area contributed by atoms with Gasteiger partial charge in [0, 0.05) is 19.2 Å². The lowest BCUT2D eigenvalue weighted by molar-refractivity contribution is -0.0252. The molecule has 2 atom stereocenters. The highest BCUT2D eigenvalue weighted by Gasteiger charge is 2.36. The maximum atomic E-state index is 10.9. The van der Waals surface area contributed by atoms with E-state index in [2.05, 4.69) is 31.9 Å². The molecule has 1 heterocycles. The lowest BCUT2D eigenvalue weighted by Gasteiger charge is -2.38. The number of hydrogen-bond acceptors (Lipinski definition) is 2. The van der Waals surface area contributed by atoms with E-state index < -0.39 is 5.60 Å². The summed E-state index contributed by atoms with van der Waals surface area (Å²) in [7, 11) is 1.99. The summed E-state index contributed by atoms with van der Waals surface area (Å²) in [6, 6.07) is 2.15. The molecule has 1 fully saturated rings. The second kappa shape index (κ2) is 5.66. The van der Waals surface area contributed by atoms with E-state index in [-0.39, 0.29) is 0 Å². The summed E-state index contributed by atoms with van der Waals surface area (Å²) in [5.41, 5.74) is 1.77. The van der Waals surface area contributed by atoms with Crippen molar-refractivity contribution in [1.82, 2.24) is 9.78 Å². The highest BCUT2D eigenvalue weighted by molar-refractivity contribution is 5.13. The molecule has 0 saturated heterocycles. The molecule has 3 nitrogen and oxygen atoms in total. The zero-order chi connectivity index (χ0) is 14.0. The molecule has 1 aromatic rings. The van der Waals surface area contributed by atoms with Crippen molar-refractivity contribution in [2.75, 3.05) is 0 Å². The summed E-state index contributed by atoms with van der Waals surface area (Å²) >= 11 is 0. The number of aryl methyl sites for hydroxylation is 2. The van der Waals surface area contributed by atoms with Gasteiger partial charge in [0.05, 0.1) is 11.3 Å². The predicted octanol–water partition coefficient (Wildman–Crippen LogP) is 3.10. The van der Waals surface area contributed by atoms with Crippen molar-refractivity contribution in [3.05, 3.63) is 17.5 Å². The van der Waals surface area contributed by atoms with E-state index in [9.17, 15) is 5.11 Å². The minimum atomic E-state index is -0.522. The molecule has 0 amide bonds. The molecule has 0 radical (unpaired) electrons. The van der Waals surface area contributed by atoms with Gasteiger partial charge in [0.2, 0.25) is 0 Å². The van der Waals surface area contributed by atoms with Crippen LogP contribution in [0.1, 0.15) is 57.8 Å². The highest BCUT2D eigenvalue weighted by atomic mass is 16.3. The molecule has 1 saturated carbocycles. The minimum absolute atomic E-state index is 0.522. The SMILES string of the molecule is CCc1cc(CC2(O)CCCC(C(C)C)C2)n(C)n1. The standard InChI is InChI=1S/C16H28N2O/c1-5-14-9-15(18(4)17-14)11-16(19)8-6-7-13(10-16)12(2)3/h9,12-13,19H,5-8,10-11H2,1-4H3. The quantitative estimate of drug-likeness (QED) is 0.907. The first-order valence-electron chi connectivity index (χ1n) is 7.67. The molecule has 2 unspecified atom stereocenters. The van der Waals surface area contributed by atoms with Crippen LogP contribution in [0.25, 0.3) is 0 Å². The lowest BCUT2D eigenvalue weighted by Crippen LogP contribution is -2.39. The van der Waals surface area contributed by atoms with Crippen LogP contribution in [0.2, 0.25) is 0 Å². The maximum Gasteiger partial charge on any atom is 0.0705 e. The van der Waals surface area contributed by atoms with E-state index in [0.29, 0.717) is 11.8 Å². The second-order valence-electron chi connectivity index (χ2n) is 6.61. The van der Waals surface area contributed by atoms with Crippen molar-refractivity contribution in [3.8, 4) is 0 Å². The fraction of sp³-hybridized carbons (Fsp3) is 0.812. The zero-order valence-corrected chi connectivity index (χ0v) is 12.8. The molecule has 0 spiro atoms. The van der Waals surface area contributed by atoms with Crippen LogP contribution in [0.3, 0.4) is 0 Å². The number of hydrogen-bond donors (Lipinski definition) is 1. The Bertz CT molecular complexity index is 424. The van der Waals surface area contributed by atoms with Gasteiger partial charge in [0.15, 0.2) is 0 Å². The molecular formula is C16H28N2O. The molecule has 3 heteroatoms. The van der Waals surface area contributed by atoms with Gasteiger partial charge < -0.3 is 5.11 Å². The Morgan fingerprint density at radius 2 is 2.26 bits per heavy atom. The van der Waals surface area contributed by atoms with Crippen molar-refractivity contribution in [2.24, 2.45) is 18.9 Å². The van der Waals surface area contributed by atoms with Crippen molar-refractivity contribution < 1.29 is 5.11 Å². The Morgan fingerprint density at radius 1 is 1.53 bits per heavy atom. The summed E-state index contributed by atoms with van der Waals surface area (Å²) in [5, 5.41) is 15.4. The van der Waals surface area contributed by atoms with Gasteiger partial charge in [-0.25, -0.2) is 0 Å². The van der Waals surface area contributed by atoms with E-state index in [0.717, 1.165) is 37.8 Å². The normalized spacial score (nSPS) is 28.0. The Balaban J connectivity index is 2.09. The smallest absolute Gasteiger partial charge is 0.0705 e. The second-order valence-corrected chi connectivity index (χ2v) is 6.61. The fourth-order valence-corrected chi connectivity index (χ4v) is 3.36. The lowest BCUT2D eigenvalue weighted by atomic mass is 9.72. The first kappa shape index (κ1) is 14.6. The van der Waals surface area contributed by atoms with E-state index in [1.54, 1.807) is 0 Å². The zero-order valence-electron chi connectivity index (χ0n) is 12.8. The van der Waals surface area contributed by atoms with Crippen LogP contribution in [0.4, 0.5) is 0 Å². The fourth-order valence-electron chi connectivity index (χ4n) is 3.36. The van der Waals surface area contributed by atoms with E-state index >= 15 is 0 Å². The number of rotatable bonds is 4. The minimum Gasteiger partial charge on any atom is -0.389 e. The average Bonchev–Trinajstić information content (AvgIpc) is 2.69. The monoisotopic (exact) mass is 264 g/mol. The molecular weight excluding hydrogens is 236 g/mol. The molecule has 0 aromatic carbocycles. The molecule has 1 aliphatic rings. The Labute approximate surface area is 117 Å². The molecule has 1 aromatic heterocycles. The highest BCUT2D eigenvalue weighted by Crippen LogP contribution is 2.38. The van der Waals surface area contributed by atoms with Gasteiger partial charge in [-0.1, -0.05) is 27.2 Å². The Morgan fingerprint density at radius 3 is 2.84 bits per heavy atom. The Hall–Kier alpha value is -0.830. The van der Waals surface area contributed by atoms with E-state index in [1.807, 2.05) is 11.7 Å². The van der Waals surface area contributed by atoms with Crippen molar-refractivity contribution in [3.63, 3.8) is 0 Å². The molecule has 1 aliphatic carbocycles. The van der Waals surface area contributed by atoms with Gasteiger partial charge in [0.1, 0.15) is 0 Å². The Kier molecular flexibility index (Phi) is 4.34. The summed E-state index contributed by atoms with van der Waals surface area (Å²) in [6.45, 7) is 6.67. The molecule has 2 rings (SSSR count). The van der Waals surface area contributed by atoms with Gasteiger partial charge in [0.25, 0.3) is 0 Å². The predicted molar refractivity (Wildman–Crippen MR) is 78.0 cm³/mol. The third-order valence-electron chi connectivity index (χ3n) is 4.70. The molecule has 19 heavy (non-hydrogen) atoms. The average molecular weight is 264 g/mol. The first-order valence-corrected chi connectivity index (χ1v) is 7.67. The summed E-state index contributed by atoms with van der Waals surface area (Å²) in [5.74, 6) is 1.34. The third kappa shape index (κ3) is 3.38. The number of nitrogens with zero attached hydrogens (tertiary/aromatic N) is 2. The van der Waals surface area contributed by atoms with Crippen molar-refractivity contribution in [1.29, 1.82) is 0 Å². The molecule has 0 bridgehead atoms. The molecule has 1 N–H and O–H groups in total. The van der Waals surface area contributed by atoms with Crippen LogP contribution in [-0.2, 0) is 19.9 Å². The van der Waals surface area contributed by atoms with Crippen LogP contribution in [0.15, 0.2) is 6.07 Å². The topological polar surface area (TPSA) is 38.0 Å². The van der Waals surface area contributed by atoms with Gasteiger partial charge >= 0.3 is 0 Å². The largest absolute Gasteiger partial charge is 0.389 e. The van der Waals surface area contributed by atoms with E-state index in [4.69, 9.17) is 0 Å². The van der Waals surface area contributed by atoms with E-state index in [1.165, 1.54) is 12.1 Å². The van der Waals surface area contributed by atoms with Gasteiger partial charge in [-0.3, -0.25) is 4.68 Å². The summed E-state index contributed by atoms with van der Waals surface area (Å²) in [4.78, 5) is 0. The van der Waals surface area contributed by atoms with Crippen molar-refractivity contribution in [2.45, 2.75) is 64.9 Å². The summed E-state index contributed by atoms with van der Waals surface area (Å²) in [6.07, 6.45) is 6.00. The molecule has 108 valence electrons. The number of aliphatic hydroxyl groups is 1. The van der Waals surface area contributed by atoms with Gasteiger partial charge in [-0.15, -0.1) is 0 Å². The van der Waals surface area contributed by atoms with Crippen LogP contribution in [0.5, 0.6) is 0 Å². The van der Waals surface area contributed by atoms with Gasteiger partial charge in [-0.05, 0) is 43.6 Å². The first-order chi connectivity index (χ1) is 8.93. The van der Waals surface area contributed by atoms with Crippen LogP contribution >= 0.6 is 0 Å². The molecule has 0 aliphatic heterocycles. The number of aromatic nitrogens is 2. The van der Waals surface area contributed by atoms with Crippen LogP contribution in [0, 0.1) is 11.8 Å². The summed E-state index contributed by atoms with van der Waals surface area (Å²) < 4.78 is 1.94. The maximum absolute atomic E-state index is 10.9. The van der Waals surface area contributed by atoms with Gasteiger partial charge in [-0.2, -0.15) is 5.10 Å². The third-order valence-corrected chi connectivity index (χ3v) is 4.70. The van der Waals surface area contributed by atoms with Crippen LogP contribution < -0.4 is 0 Å². The van der Waals surface area contributed by atoms with Crippen LogP contribution in [-0.4, -0.2) is 20.5 Å².